The monoisotopic (exact) mass is 287 g/mol. The Morgan fingerprint density at radius 3 is 2.85 bits per heavy atom. The van der Waals surface area contributed by atoms with E-state index in [1.165, 1.54) is 0 Å². The summed E-state index contributed by atoms with van der Waals surface area (Å²) in [6.45, 7) is 0. The number of nitrogens with zero attached hydrogens (tertiary/aromatic N) is 1. The van der Waals surface area contributed by atoms with Crippen molar-refractivity contribution in [1.82, 2.24) is 9.97 Å². The molecule has 0 saturated carbocycles. The third-order valence-corrected chi connectivity index (χ3v) is 3.03. The fourth-order valence-electron chi connectivity index (χ4n) is 1.77. The molecule has 0 aliphatic carbocycles. The Morgan fingerprint density at radius 2 is 2.10 bits per heavy atom. The fraction of sp³-hybridized carbons (Fsp3) is 0. The molecule has 2 aromatic heterocycles. The number of anilines is 1. The molecule has 0 aliphatic rings. The minimum Gasteiger partial charge on any atom is -0.451 e. The van der Waals surface area contributed by atoms with Crippen LogP contribution in [0.15, 0.2) is 53.2 Å². The maximum absolute atomic E-state index is 11.9. The van der Waals surface area contributed by atoms with Crippen LogP contribution in [0, 0.1) is 0 Å². The highest BCUT2D eigenvalue weighted by Crippen LogP contribution is 2.29. The summed E-state index contributed by atoms with van der Waals surface area (Å²) in [4.78, 5) is 18.6. The molecule has 3 rings (SSSR count). The summed E-state index contributed by atoms with van der Waals surface area (Å²) in [5.41, 5.74) is 0.742. The number of aromatic amines is 1. The Labute approximate surface area is 119 Å². The molecule has 20 heavy (non-hydrogen) atoms. The molecule has 0 aliphatic heterocycles. The normalized spacial score (nSPS) is 10.4. The quantitative estimate of drug-likeness (QED) is 0.773. The molecule has 0 saturated heterocycles. The van der Waals surface area contributed by atoms with E-state index in [0.717, 1.165) is 5.56 Å². The number of halogens is 1. The highest BCUT2D eigenvalue weighted by molar-refractivity contribution is 6.33. The summed E-state index contributed by atoms with van der Waals surface area (Å²) in [5, 5.41) is 3.15. The largest absolute Gasteiger partial charge is 0.451 e. The lowest BCUT2D eigenvalue weighted by molar-refractivity contribution is 0.0996. The second kappa shape index (κ2) is 5.22. The molecule has 0 atom stereocenters. The number of carbonyl (C=O) groups excluding carboxylic acids is 1. The minimum atomic E-state index is -0.377. The number of imidazole rings is 1. The van der Waals surface area contributed by atoms with Crippen LogP contribution < -0.4 is 5.32 Å². The molecule has 1 aromatic carbocycles. The average molecular weight is 288 g/mol. The minimum absolute atomic E-state index is 0.191. The Balaban J connectivity index is 1.83. The zero-order valence-electron chi connectivity index (χ0n) is 10.3. The molecule has 1 amide bonds. The van der Waals surface area contributed by atoms with Crippen LogP contribution in [0.4, 0.5) is 5.95 Å². The molecule has 5 nitrogen and oxygen atoms in total. The van der Waals surface area contributed by atoms with Gasteiger partial charge >= 0.3 is 0 Å². The highest BCUT2D eigenvalue weighted by Gasteiger charge is 2.14. The van der Waals surface area contributed by atoms with Crippen LogP contribution in [0.25, 0.3) is 11.3 Å². The number of rotatable bonds is 3. The first-order chi connectivity index (χ1) is 9.74. The van der Waals surface area contributed by atoms with Crippen molar-refractivity contribution < 1.29 is 9.21 Å². The molecule has 0 unspecified atom stereocenters. The van der Waals surface area contributed by atoms with Gasteiger partial charge < -0.3 is 9.40 Å². The predicted molar refractivity (Wildman–Crippen MR) is 75.7 cm³/mol. The van der Waals surface area contributed by atoms with E-state index in [1.54, 1.807) is 30.6 Å². The van der Waals surface area contributed by atoms with Crippen LogP contribution in [-0.2, 0) is 0 Å². The van der Waals surface area contributed by atoms with Crippen LogP contribution in [0.1, 0.15) is 10.6 Å². The molecular weight excluding hydrogens is 278 g/mol. The number of aromatic nitrogens is 2. The van der Waals surface area contributed by atoms with E-state index in [4.69, 9.17) is 16.0 Å². The third kappa shape index (κ3) is 2.44. The number of furan rings is 1. The summed E-state index contributed by atoms with van der Waals surface area (Å²) in [5.74, 6) is 0.723. The molecular formula is C14H10ClN3O2. The van der Waals surface area contributed by atoms with Gasteiger partial charge in [-0.25, -0.2) is 4.98 Å². The number of amides is 1. The molecule has 0 fully saturated rings. The van der Waals surface area contributed by atoms with Crippen molar-refractivity contribution in [2.75, 3.05) is 5.32 Å². The lowest BCUT2D eigenvalue weighted by Gasteiger charge is -2.00. The van der Waals surface area contributed by atoms with Crippen LogP contribution in [0.5, 0.6) is 0 Å². The maximum Gasteiger partial charge on any atom is 0.293 e. The van der Waals surface area contributed by atoms with Gasteiger partial charge in [0.2, 0.25) is 5.95 Å². The van der Waals surface area contributed by atoms with E-state index >= 15 is 0 Å². The van der Waals surface area contributed by atoms with Crippen molar-refractivity contribution in [3.8, 4) is 11.3 Å². The summed E-state index contributed by atoms with van der Waals surface area (Å²) in [6.07, 6.45) is 3.17. The van der Waals surface area contributed by atoms with Gasteiger partial charge in [-0.3, -0.25) is 10.1 Å². The Morgan fingerprint density at radius 1 is 1.25 bits per heavy atom. The third-order valence-electron chi connectivity index (χ3n) is 2.70. The first-order valence-corrected chi connectivity index (χ1v) is 6.27. The molecule has 2 heterocycles. The van der Waals surface area contributed by atoms with Gasteiger partial charge in [0.1, 0.15) is 5.76 Å². The number of hydrogen-bond acceptors (Lipinski definition) is 3. The van der Waals surface area contributed by atoms with Crippen molar-refractivity contribution in [1.29, 1.82) is 0 Å². The van der Waals surface area contributed by atoms with Gasteiger partial charge in [0, 0.05) is 18.0 Å². The molecule has 2 N–H and O–H groups in total. The van der Waals surface area contributed by atoms with E-state index in [2.05, 4.69) is 15.3 Å². The van der Waals surface area contributed by atoms with Crippen LogP contribution in [0.2, 0.25) is 5.02 Å². The summed E-state index contributed by atoms with van der Waals surface area (Å²) >= 11 is 6.09. The smallest absolute Gasteiger partial charge is 0.293 e. The Hall–Kier alpha value is -2.53. The zero-order valence-corrected chi connectivity index (χ0v) is 11.0. The molecule has 6 heteroatoms. The standard InChI is InChI=1S/C14H10ClN3O2/c15-10-4-2-1-3-9(10)11-5-6-12(20-11)13(19)18-14-16-7-8-17-14/h1-8H,(H2,16,17,18,19). The molecule has 0 radical (unpaired) electrons. The highest BCUT2D eigenvalue weighted by atomic mass is 35.5. The number of H-pyrrole nitrogens is 1. The van der Waals surface area contributed by atoms with Crippen LogP contribution in [0.3, 0.4) is 0 Å². The van der Waals surface area contributed by atoms with E-state index in [1.807, 2.05) is 18.2 Å². The summed E-state index contributed by atoms with van der Waals surface area (Å²) in [6, 6.07) is 10.6. The van der Waals surface area contributed by atoms with Gasteiger partial charge in [0.05, 0.1) is 5.02 Å². The van der Waals surface area contributed by atoms with Crippen molar-refractivity contribution in [2.24, 2.45) is 0 Å². The lowest BCUT2D eigenvalue weighted by atomic mass is 10.2. The van der Waals surface area contributed by atoms with Gasteiger partial charge in [0.25, 0.3) is 5.91 Å². The van der Waals surface area contributed by atoms with Crippen LogP contribution in [-0.4, -0.2) is 15.9 Å². The van der Waals surface area contributed by atoms with E-state index < -0.39 is 0 Å². The van der Waals surface area contributed by atoms with Gasteiger partial charge in [-0.15, -0.1) is 0 Å². The van der Waals surface area contributed by atoms with Crippen molar-refractivity contribution in [2.45, 2.75) is 0 Å². The summed E-state index contributed by atoms with van der Waals surface area (Å²) in [7, 11) is 0. The average Bonchev–Trinajstić information content (AvgIpc) is 3.10. The molecule has 0 spiro atoms. The lowest BCUT2D eigenvalue weighted by Crippen LogP contribution is -2.11. The first kappa shape index (κ1) is 12.5. The predicted octanol–water partition coefficient (Wildman–Crippen LogP) is 3.58. The van der Waals surface area contributed by atoms with Gasteiger partial charge in [-0.1, -0.05) is 23.7 Å². The van der Waals surface area contributed by atoms with E-state index in [0.29, 0.717) is 16.7 Å². The summed E-state index contributed by atoms with van der Waals surface area (Å²) < 4.78 is 5.52. The van der Waals surface area contributed by atoms with E-state index in [-0.39, 0.29) is 11.7 Å². The first-order valence-electron chi connectivity index (χ1n) is 5.89. The van der Waals surface area contributed by atoms with E-state index in [9.17, 15) is 4.79 Å². The fourth-order valence-corrected chi connectivity index (χ4v) is 2.00. The molecule has 100 valence electrons. The number of nitrogens with one attached hydrogen (secondary N) is 2. The Bertz CT molecular complexity index is 734. The van der Waals surface area contributed by atoms with Crippen molar-refractivity contribution in [3.63, 3.8) is 0 Å². The van der Waals surface area contributed by atoms with Crippen molar-refractivity contribution in [3.05, 3.63) is 59.6 Å². The Kier molecular flexibility index (Phi) is 3.26. The SMILES string of the molecule is O=C(Nc1ncc[nH]1)c1ccc(-c2ccccc2Cl)o1. The second-order valence-corrected chi connectivity index (χ2v) is 4.44. The topological polar surface area (TPSA) is 70.9 Å². The van der Waals surface area contributed by atoms with Gasteiger partial charge in [-0.2, -0.15) is 0 Å². The zero-order chi connectivity index (χ0) is 13.9. The number of hydrogen-bond donors (Lipinski definition) is 2. The number of carbonyl (C=O) groups is 1. The van der Waals surface area contributed by atoms with Crippen molar-refractivity contribution >= 4 is 23.5 Å². The molecule has 3 aromatic rings. The van der Waals surface area contributed by atoms with Crippen LogP contribution >= 0.6 is 11.6 Å². The molecule has 0 bridgehead atoms. The van der Waals surface area contributed by atoms with Gasteiger partial charge in [-0.05, 0) is 24.3 Å². The van der Waals surface area contributed by atoms with Gasteiger partial charge in [0.15, 0.2) is 5.76 Å². The number of benzene rings is 1. The maximum atomic E-state index is 11.9. The second-order valence-electron chi connectivity index (χ2n) is 4.04.